The summed E-state index contributed by atoms with van der Waals surface area (Å²) in [6, 6.07) is 3.82. The largest absolute Gasteiger partial charge is 0.434 e. The molecule has 1 unspecified atom stereocenters. The first kappa shape index (κ1) is 15.2. The minimum Gasteiger partial charge on any atom is -0.434 e. The van der Waals surface area contributed by atoms with Gasteiger partial charge in [0.2, 0.25) is 0 Å². The fraction of sp³-hybridized carbons (Fsp3) is 0.364. The predicted molar refractivity (Wildman–Crippen MR) is 55.5 cm³/mol. The van der Waals surface area contributed by atoms with Gasteiger partial charge in [0, 0.05) is 5.56 Å². The molecule has 1 aromatic rings. The van der Waals surface area contributed by atoms with Gasteiger partial charge in [-0.25, -0.2) is 0 Å². The summed E-state index contributed by atoms with van der Waals surface area (Å²) < 4.78 is 66.8. The van der Waals surface area contributed by atoms with E-state index in [9.17, 15) is 22.0 Å². The van der Waals surface area contributed by atoms with Crippen LogP contribution in [0.25, 0.3) is 0 Å². The highest BCUT2D eigenvalue weighted by molar-refractivity contribution is 5.37. The normalized spacial score (nSPS) is 13.1. The van der Waals surface area contributed by atoms with Gasteiger partial charge in [0.05, 0.1) is 12.6 Å². The van der Waals surface area contributed by atoms with Crippen LogP contribution in [0.4, 0.5) is 22.0 Å². The standard InChI is InChI=1S/C11H9F5N2O/c12-10(13)19-8-4-2-1-3-7(8)9(11(14,15)16)18-6-5-17/h1-4,9-10,18H,6H2. The Morgan fingerprint density at radius 1 is 1.26 bits per heavy atom. The molecule has 0 aliphatic carbocycles. The van der Waals surface area contributed by atoms with Crippen LogP contribution in [0.15, 0.2) is 24.3 Å². The minimum absolute atomic E-state index is 0.495. The van der Waals surface area contributed by atoms with Crippen LogP contribution in [0, 0.1) is 11.3 Å². The molecule has 1 rings (SSSR count). The number of benzene rings is 1. The molecule has 104 valence electrons. The zero-order valence-corrected chi connectivity index (χ0v) is 9.42. The molecule has 0 radical (unpaired) electrons. The lowest BCUT2D eigenvalue weighted by Crippen LogP contribution is -2.34. The van der Waals surface area contributed by atoms with Crippen molar-refractivity contribution in [1.29, 1.82) is 5.26 Å². The molecule has 0 heterocycles. The first-order chi connectivity index (χ1) is 8.86. The summed E-state index contributed by atoms with van der Waals surface area (Å²) >= 11 is 0. The van der Waals surface area contributed by atoms with E-state index in [0.29, 0.717) is 0 Å². The van der Waals surface area contributed by atoms with Crippen LogP contribution >= 0.6 is 0 Å². The minimum atomic E-state index is -4.74. The number of nitriles is 1. The number of para-hydroxylation sites is 1. The van der Waals surface area contributed by atoms with Gasteiger partial charge in [0.25, 0.3) is 0 Å². The predicted octanol–water partition coefficient (Wildman–Crippen LogP) is 3.00. The summed E-state index contributed by atoms with van der Waals surface area (Å²) in [5.74, 6) is -0.578. The Morgan fingerprint density at radius 3 is 2.42 bits per heavy atom. The molecule has 0 amide bonds. The number of nitrogens with zero attached hydrogens (tertiary/aromatic N) is 1. The van der Waals surface area contributed by atoms with Crippen molar-refractivity contribution in [2.75, 3.05) is 6.54 Å². The van der Waals surface area contributed by atoms with Crippen molar-refractivity contribution in [3.05, 3.63) is 29.8 Å². The van der Waals surface area contributed by atoms with Crippen molar-refractivity contribution < 1.29 is 26.7 Å². The molecule has 0 spiro atoms. The van der Waals surface area contributed by atoms with Gasteiger partial charge < -0.3 is 4.74 Å². The van der Waals surface area contributed by atoms with Crippen molar-refractivity contribution in [2.24, 2.45) is 0 Å². The first-order valence-corrected chi connectivity index (χ1v) is 5.07. The van der Waals surface area contributed by atoms with Gasteiger partial charge in [-0.05, 0) is 6.07 Å². The molecular formula is C11H9F5N2O. The number of rotatable bonds is 5. The van der Waals surface area contributed by atoms with E-state index in [4.69, 9.17) is 5.26 Å². The Bertz CT molecular complexity index is 455. The molecule has 8 heteroatoms. The average molecular weight is 280 g/mol. The van der Waals surface area contributed by atoms with Gasteiger partial charge in [-0.3, -0.25) is 5.32 Å². The molecule has 0 saturated carbocycles. The Kier molecular flexibility index (Phi) is 5.06. The van der Waals surface area contributed by atoms with Crippen LogP contribution in [0.1, 0.15) is 11.6 Å². The second-order valence-electron chi connectivity index (χ2n) is 3.43. The van der Waals surface area contributed by atoms with Crippen molar-refractivity contribution in [2.45, 2.75) is 18.8 Å². The third-order valence-corrected chi connectivity index (χ3v) is 2.16. The van der Waals surface area contributed by atoms with E-state index in [1.807, 2.05) is 5.32 Å². The number of ether oxygens (including phenoxy) is 1. The summed E-state index contributed by atoms with van der Waals surface area (Å²) in [4.78, 5) is 0. The number of hydrogen-bond donors (Lipinski definition) is 1. The highest BCUT2D eigenvalue weighted by atomic mass is 19.4. The molecule has 0 saturated heterocycles. The molecule has 1 atom stereocenters. The van der Waals surface area contributed by atoms with E-state index >= 15 is 0 Å². The lowest BCUT2D eigenvalue weighted by molar-refractivity contribution is -0.158. The number of nitrogens with one attached hydrogen (secondary N) is 1. The third-order valence-electron chi connectivity index (χ3n) is 2.16. The van der Waals surface area contributed by atoms with E-state index < -0.39 is 36.7 Å². The molecule has 19 heavy (non-hydrogen) atoms. The van der Waals surface area contributed by atoms with E-state index in [0.717, 1.165) is 12.1 Å². The lowest BCUT2D eigenvalue weighted by atomic mass is 10.1. The van der Waals surface area contributed by atoms with E-state index in [1.165, 1.54) is 18.2 Å². The van der Waals surface area contributed by atoms with Gasteiger partial charge in [-0.1, -0.05) is 18.2 Å². The summed E-state index contributed by atoms with van der Waals surface area (Å²) in [5, 5.41) is 10.2. The Hall–Kier alpha value is -1.88. The van der Waals surface area contributed by atoms with Crippen LogP contribution in [-0.4, -0.2) is 19.3 Å². The molecule has 3 nitrogen and oxygen atoms in total. The second kappa shape index (κ2) is 6.33. The van der Waals surface area contributed by atoms with Gasteiger partial charge in [0.1, 0.15) is 11.8 Å². The molecule has 1 N–H and O–H groups in total. The van der Waals surface area contributed by atoms with Crippen molar-refractivity contribution >= 4 is 0 Å². The summed E-state index contributed by atoms with van der Waals surface area (Å²) in [6.07, 6.45) is -4.74. The molecule has 0 fully saturated rings. The Labute approximate surface area is 105 Å². The van der Waals surface area contributed by atoms with Gasteiger partial charge in [-0.2, -0.15) is 27.2 Å². The maximum absolute atomic E-state index is 12.8. The van der Waals surface area contributed by atoms with Crippen molar-refractivity contribution in [3.8, 4) is 11.8 Å². The Balaban J connectivity index is 3.11. The van der Waals surface area contributed by atoms with Crippen molar-refractivity contribution in [3.63, 3.8) is 0 Å². The molecule has 0 aliphatic rings. The summed E-state index contributed by atoms with van der Waals surface area (Å²) in [5.41, 5.74) is -0.495. The topological polar surface area (TPSA) is 45.0 Å². The van der Waals surface area contributed by atoms with Crippen LogP contribution < -0.4 is 10.1 Å². The molecular weight excluding hydrogens is 271 g/mol. The SMILES string of the molecule is N#CCNC(c1ccccc1OC(F)F)C(F)(F)F. The maximum atomic E-state index is 12.8. The Morgan fingerprint density at radius 2 is 1.89 bits per heavy atom. The van der Waals surface area contributed by atoms with E-state index in [-0.39, 0.29) is 0 Å². The number of halogens is 5. The van der Waals surface area contributed by atoms with E-state index in [1.54, 1.807) is 0 Å². The quantitative estimate of drug-likeness (QED) is 0.666. The molecule has 0 bridgehead atoms. The van der Waals surface area contributed by atoms with Crippen LogP contribution in [0.5, 0.6) is 5.75 Å². The lowest BCUT2D eigenvalue weighted by Gasteiger charge is -2.23. The number of alkyl halides is 5. The molecule has 0 aromatic heterocycles. The average Bonchev–Trinajstić information content (AvgIpc) is 2.29. The summed E-state index contributed by atoms with van der Waals surface area (Å²) in [7, 11) is 0. The highest BCUT2D eigenvalue weighted by Gasteiger charge is 2.42. The van der Waals surface area contributed by atoms with Crippen molar-refractivity contribution in [1.82, 2.24) is 5.32 Å². The zero-order chi connectivity index (χ0) is 14.5. The molecule has 1 aromatic carbocycles. The summed E-state index contributed by atoms with van der Waals surface area (Å²) in [6.45, 7) is -3.81. The number of hydrogen-bond acceptors (Lipinski definition) is 3. The second-order valence-corrected chi connectivity index (χ2v) is 3.43. The van der Waals surface area contributed by atoms with Gasteiger partial charge in [-0.15, -0.1) is 0 Å². The van der Waals surface area contributed by atoms with Crippen LogP contribution in [0.2, 0.25) is 0 Å². The fourth-order valence-electron chi connectivity index (χ4n) is 1.47. The molecule has 0 aliphatic heterocycles. The van der Waals surface area contributed by atoms with Gasteiger partial charge in [0.15, 0.2) is 0 Å². The highest BCUT2D eigenvalue weighted by Crippen LogP contribution is 2.37. The van der Waals surface area contributed by atoms with Crippen LogP contribution in [-0.2, 0) is 0 Å². The fourth-order valence-corrected chi connectivity index (χ4v) is 1.47. The first-order valence-electron chi connectivity index (χ1n) is 5.07. The smallest absolute Gasteiger partial charge is 0.408 e. The zero-order valence-electron chi connectivity index (χ0n) is 9.42. The van der Waals surface area contributed by atoms with Crippen LogP contribution in [0.3, 0.4) is 0 Å². The third kappa shape index (κ3) is 4.37. The van der Waals surface area contributed by atoms with E-state index in [2.05, 4.69) is 4.74 Å². The monoisotopic (exact) mass is 280 g/mol. The maximum Gasteiger partial charge on any atom is 0.408 e. The van der Waals surface area contributed by atoms with Gasteiger partial charge >= 0.3 is 12.8 Å².